The number of amides is 2. The number of ether oxygens (including phenoxy) is 2. The summed E-state index contributed by atoms with van der Waals surface area (Å²) >= 11 is 0. The third-order valence-corrected chi connectivity index (χ3v) is 2.86. The smallest absolute Gasteiger partial charge is 0.251 e. The van der Waals surface area contributed by atoms with Gasteiger partial charge in [-0.15, -0.1) is 0 Å². The van der Waals surface area contributed by atoms with E-state index >= 15 is 0 Å². The number of carbonyl (C=O) groups excluding carboxylic acids is 2. The Morgan fingerprint density at radius 3 is 2.43 bits per heavy atom. The lowest BCUT2D eigenvalue weighted by molar-refractivity contribution is -0.120. The summed E-state index contributed by atoms with van der Waals surface area (Å²) in [5.74, 6) is 0.986. The highest BCUT2D eigenvalue weighted by atomic mass is 16.5. The number of carbonyl (C=O) groups is 2. The molecule has 128 valence electrons. The van der Waals surface area contributed by atoms with Crippen LogP contribution < -0.4 is 20.1 Å². The van der Waals surface area contributed by atoms with E-state index in [4.69, 9.17) is 9.47 Å². The zero-order chi connectivity index (χ0) is 17.2. The molecule has 0 saturated carbocycles. The van der Waals surface area contributed by atoms with Crippen molar-refractivity contribution in [2.75, 3.05) is 26.3 Å². The first-order valence-electron chi connectivity index (χ1n) is 7.92. The molecule has 0 saturated heterocycles. The van der Waals surface area contributed by atoms with Gasteiger partial charge < -0.3 is 20.1 Å². The third kappa shape index (κ3) is 6.59. The zero-order valence-electron chi connectivity index (χ0n) is 14.3. The zero-order valence-corrected chi connectivity index (χ0v) is 14.3. The van der Waals surface area contributed by atoms with Crippen LogP contribution in [0.2, 0.25) is 0 Å². The number of hydrogen-bond donors (Lipinski definition) is 2. The normalized spacial score (nSPS) is 10.3. The Bertz CT molecular complexity index is 529. The van der Waals surface area contributed by atoms with E-state index < -0.39 is 0 Å². The van der Waals surface area contributed by atoms with E-state index in [0.29, 0.717) is 42.7 Å². The van der Waals surface area contributed by atoms with Gasteiger partial charge in [0.15, 0.2) is 11.5 Å². The molecule has 1 aromatic rings. The number of hydrogen-bond acceptors (Lipinski definition) is 4. The molecule has 1 rings (SSSR count). The molecule has 23 heavy (non-hydrogen) atoms. The molecule has 2 amide bonds. The molecule has 1 aromatic carbocycles. The Balaban J connectivity index is 2.77. The molecule has 0 unspecified atom stereocenters. The number of rotatable bonds is 9. The van der Waals surface area contributed by atoms with Crippen LogP contribution in [-0.4, -0.2) is 38.1 Å². The fraction of sp³-hybridized carbons (Fsp3) is 0.529. The summed E-state index contributed by atoms with van der Waals surface area (Å²) in [4.78, 5) is 23.5. The fourth-order valence-corrected chi connectivity index (χ4v) is 1.82. The molecule has 0 atom stereocenters. The minimum atomic E-state index is -0.326. The third-order valence-electron chi connectivity index (χ3n) is 2.86. The average molecular weight is 322 g/mol. The molecule has 0 aliphatic carbocycles. The van der Waals surface area contributed by atoms with Crippen LogP contribution >= 0.6 is 0 Å². The van der Waals surface area contributed by atoms with Crippen LogP contribution in [0.1, 0.15) is 38.1 Å². The minimum Gasteiger partial charge on any atom is -0.490 e. The summed E-state index contributed by atoms with van der Waals surface area (Å²) in [5, 5.41) is 5.20. The second-order valence-corrected chi connectivity index (χ2v) is 5.44. The van der Waals surface area contributed by atoms with E-state index in [0.717, 1.165) is 0 Å². The Kier molecular flexibility index (Phi) is 7.94. The van der Waals surface area contributed by atoms with E-state index in [9.17, 15) is 9.59 Å². The molecule has 0 heterocycles. The highest BCUT2D eigenvalue weighted by molar-refractivity contribution is 5.97. The lowest BCUT2D eigenvalue weighted by atomic mass is 10.2. The van der Waals surface area contributed by atoms with Crippen molar-refractivity contribution in [3.05, 3.63) is 23.8 Å². The van der Waals surface area contributed by atoms with Gasteiger partial charge in [-0.05, 0) is 38.0 Å². The van der Waals surface area contributed by atoms with Gasteiger partial charge in [-0.1, -0.05) is 13.8 Å². The maximum atomic E-state index is 12.1. The lowest BCUT2D eigenvalue weighted by Gasteiger charge is -2.14. The van der Waals surface area contributed by atoms with Gasteiger partial charge in [-0.3, -0.25) is 9.59 Å². The Morgan fingerprint density at radius 1 is 1.09 bits per heavy atom. The van der Waals surface area contributed by atoms with Gasteiger partial charge >= 0.3 is 0 Å². The van der Waals surface area contributed by atoms with Crippen LogP contribution in [-0.2, 0) is 4.79 Å². The van der Waals surface area contributed by atoms with Gasteiger partial charge in [0.2, 0.25) is 5.91 Å². The first kappa shape index (κ1) is 18.8. The summed E-state index contributed by atoms with van der Waals surface area (Å²) in [5.41, 5.74) is 0.426. The van der Waals surface area contributed by atoms with E-state index in [1.54, 1.807) is 18.2 Å². The predicted octanol–water partition coefficient (Wildman–Crippen LogP) is 1.99. The van der Waals surface area contributed by atoms with Gasteiger partial charge in [0.1, 0.15) is 0 Å². The van der Waals surface area contributed by atoms with Crippen LogP contribution in [0.15, 0.2) is 18.2 Å². The van der Waals surface area contributed by atoms with E-state index in [2.05, 4.69) is 24.5 Å². The molecular weight excluding hydrogens is 296 g/mol. The molecule has 0 aliphatic rings. The second kappa shape index (κ2) is 9.71. The van der Waals surface area contributed by atoms with Crippen molar-refractivity contribution >= 4 is 11.8 Å². The summed E-state index contributed by atoms with van der Waals surface area (Å²) in [7, 11) is 0. The largest absolute Gasteiger partial charge is 0.490 e. The summed E-state index contributed by atoms with van der Waals surface area (Å²) in [6.45, 7) is 9.34. The monoisotopic (exact) mass is 322 g/mol. The number of benzene rings is 1. The lowest BCUT2D eigenvalue weighted by Crippen LogP contribution is -2.36. The number of likely N-dealkylation sites (N-methyl/N-ethyl adjacent to an activating group) is 1. The van der Waals surface area contributed by atoms with Gasteiger partial charge in [-0.2, -0.15) is 0 Å². The van der Waals surface area contributed by atoms with Crippen LogP contribution in [0.4, 0.5) is 0 Å². The van der Waals surface area contributed by atoms with Crippen molar-refractivity contribution in [2.45, 2.75) is 27.7 Å². The Morgan fingerprint density at radius 2 is 1.83 bits per heavy atom. The van der Waals surface area contributed by atoms with Gasteiger partial charge in [0.25, 0.3) is 5.91 Å². The quantitative estimate of drug-likeness (QED) is 0.729. The number of nitrogens with one attached hydrogen (secondary N) is 2. The molecule has 0 aliphatic heterocycles. The Hall–Kier alpha value is -2.24. The van der Waals surface area contributed by atoms with Gasteiger partial charge in [-0.25, -0.2) is 0 Å². The van der Waals surface area contributed by atoms with Crippen LogP contribution in [0, 0.1) is 5.92 Å². The van der Waals surface area contributed by atoms with E-state index in [1.165, 1.54) is 0 Å². The summed E-state index contributed by atoms with van der Waals surface area (Å²) in [6, 6.07) is 5.01. The van der Waals surface area contributed by atoms with E-state index in [1.807, 2.05) is 13.8 Å². The average Bonchev–Trinajstić information content (AvgIpc) is 2.51. The molecule has 0 bridgehead atoms. The molecule has 2 N–H and O–H groups in total. The predicted molar refractivity (Wildman–Crippen MR) is 89.0 cm³/mol. The van der Waals surface area contributed by atoms with Crippen molar-refractivity contribution in [1.82, 2.24) is 10.6 Å². The highest BCUT2D eigenvalue weighted by Gasteiger charge is 2.13. The highest BCUT2D eigenvalue weighted by Crippen LogP contribution is 2.29. The standard InChI is InChI=1S/C17H26N2O4/c1-5-18-16(20)10-19-17(21)13-7-8-14(23-11-12(3)4)15(9-13)22-6-2/h7-9,12H,5-6,10-11H2,1-4H3,(H,18,20)(H,19,21). The molecule has 6 heteroatoms. The first-order chi connectivity index (χ1) is 11.0. The molecular formula is C17H26N2O4. The molecule has 6 nitrogen and oxygen atoms in total. The van der Waals surface area contributed by atoms with Crippen molar-refractivity contribution in [1.29, 1.82) is 0 Å². The van der Waals surface area contributed by atoms with Crippen LogP contribution in [0.3, 0.4) is 0 Å². The summed E-state index contributed by atoms with van der Waals surface area (Å²) < 4.78 is 11.2. The minimum absolute atomic E-state index is 0.0533. The van der Waals surface area contributed by atoms with Crippen molar-refractivity contribution in [3.8, 4) is 11.5 Å². The molecule has 0 aromatic heterocycles. The second-order valence-electron chi connectivity index (χ2n) is 5.44. The molecule has 0 radical (unpaired) electrons. The van der Waals surface area contributed by atoms with Crippen LogP contribution in [0.25, 0.3) is 0 Å². The SMILES string of the molecule is CCNC(=O)CNC(=O)c1ccc(OCC(C)C)c(OCC)c1. The van der Waals surface area contributed by atoms with E-state index in [-0.39, 0.29) is 18.4 Å². The topological polar surface area (TPSA) is 76.7 Å². The van der Waals surface area contributed by atoms with Crippen molar-refractivity contribution in [2.24, 2.45) is 5.92 Å². The molecule has 0 spiro atoms. The van der Waals surface area contributed by atoms with Gasteiger partial charge in [0, 0.05) is 12.1 Å². The fourth-order valence-electron chi connectivity index (χ4n) is 1.82. The van der Waals surface area contributed by atoms with Crippen LogP contribution in [0.5, 0.6) is 11.5 Å². The molecule has 0 fully saturated rings. The Labute approximate surface area is 137 Å². The van der Waals surface area contributed by atoms with Gasteiger partial charge in [0.05, 0.1) is 19.8 Å². The van der Waals surface area contributed by atoms with Crippen molar-refractivity contribution < 1.29 is 19.1 Å². The maximum absolute atomic E-state index is 12.1. The van der Waals surface area contributed by atoms with Crippen molar-refractivity contribution in [3.63, 3.8) is 0 Å². The summed E-state index contributed by atoms with van der Waals surface area (Å²) in [6.07, 6.45) is 0. The maximum Gasteiger partial charge on any atom is 0.251 e. The first-order valence-corrected chi connectivity index (χ1v) is 7.92.